The van der Waals surface area contributed by atoms with Crippen molar-refractivity contribution in [3.8, 4) is 0 Å². The molecule has 0 aliphatic heterocycles. The normalized spacial score (nSPS) is 11.5. The zero-order chi connectivity index (χ0) is 37.0. The summed E-state index contributed by atoms with van der Waals surface area (Å²) in [7, 11) is -3.91. The summed E-state index contributed by atoms with van der Waals surface area (Å²) in [6.07, 6.45) is -1.15. The lowest BCUT2D eigenvalue weighted by Gasteiger charge is -2.17. The van der Waals surface area contributed by atoms with Crippen LogP contribution in [0, 0.1) is 0 Å². The summed E-state index contributed by atoms with van der Waals surface area (Å²) in [6, 6.07) is 47.5. The highest BCUT2D eigenvalue weighted by Gasteiger charge is 2.33. The molecule has 6 rings (SSSR count). The second-order valence-corrected chi connectivity index (χ2v) is 16.5. The highest BCUT2D eigenvalue weighted by molar-refractivity contribution is 7.99. The molecule has 11 heteroatoms. The number of thioether (sulfide) groups is 1. The second-order valence-electron chi connectivity index (χ2n) is 11.4. The lowest BCUT2D eigenvalue weighted by molar-refractivity contribution is 0.0999. The lowest BCUT2D eigenvalue weighted by atomic mass is 10.0. The molecule has 53 heavy (non-hydrogen) atoms. The molecule has 0 heterocycles. The van der Waals surface area contributed by atoms with Crippen LogP contribution in [-0.2, 0) is 13.9 Å². The first kappa shape index (κ1) is 37.6. The molecule has 0 bridgehead atoms. The Balaban J connectivity index is 1.16. The van der Waals surface area contributed by atoms with Crippen LogP contribution >= 0.6 is 42.5 Å². The van der Waals surface area contributed by atoms with Crippen LogP contribution in [0.15, 0.2) is 184 Å². The Kier molecular flexibility index (Phi) is 12.8. The molecule has 0 radical (unpaired) electrons. The summed E-state index contributed by atoms with van der Waals surface area (Å²) >= 11 is 8.99. The Morgan fingerprint density at radius 1 is 0.585 bits per heavy atom. The minimum absolute atomic E-state index is 0.0169. The van der Waals surface area contributed by atoms with Gasteiger partial charge in [0.25, 0.3) is 0 Å². The van der Waals surface area contributed by atoms with Gasteiger partial charge in [0.2, 0.25) is 5.78 Å². The van der Waals surface area contributed by atoms with E-state index in [1.54, 1.807) is 109 Å². The molecule has 0 saturated carbocycles. The molecule has 0 aliphatic carbocycles. The van der Waals surface area contributed by atoms with Gasteiger partial charge in [-0.15, -0.1) is 11.8 Å². The molecule has 264 valence electrons. The summed E-state index contributed by atoms with van der Waals surface area (Å²) in [5, 5.41) is 5.17. The molecule has 0 aromatic heterocycles. The van der Waals surface area contributed by atoms with Crippen molar-refractivity contribution in [3.63, 3.8) is 0 Å². The maximum atomic E-state index is 14.2. The van der Waals surface area contributed by atoms with Crippen molar-refractivity contribution in [2.45, 2.75) is 21.1 Å². The van der Waals surface area contributed by atoms with Gasteiger partial charge in [0.15, 0.2) is 5.78 Å². The van der Waals surface area contributed by atoms with Gasteiger partial charge in [-0.2, -0.15) is 0 Å². The van der Waals surface area contributed by atoms with Crippen molar-refractivity contribution in [3.05, 3.63) is 186 Å². The zero-order valence-electron chi connectivity index (χ0n) is 28.0. The van der Waals surface area contributed by atoms with Gasteiger partial charge in [-0.1, -0.05) is 95.2 Å². The number of hydrogen-bond acceptors (Lipinski definition) is 9. The standard InChI is InChI=1S/C42H31ClNO6PS2/c43-33-20-26-36(27-21-33)52-29-28-39(44-49-42(47)50-51(48,34-12-6-2-7-13-34)35-14-8-3-9-15-35)41(46)32-18-24-38(25-19-32)53-37-22-16-31(17-23-37)40(45)30-10-4-1-5-11-30/h1-27H,28-29H2. The van der Waals surface area contributed by atoms with Crippen molar-refractivity contribution >= 4 is 76.5 Å². The van der Waals surface area contributed by atoms with Gasteiger partial charge >= 0.3 is 13.5 Å². The Bertz CT molecular complexity index is 2210. The summed E-state index contributed by atoms with van der Waals surface area (Å²) < 4.78 is 19.7. The molecule has 0 aliphatic rings. The summed E-state index contributed by atoms with van der Waals surface area (Å²) in [4.78, 5) is 47.5. The van der Waals surface area contributed by atoms with E-state index in [0.29, 0.717) is 38.1 Å². The van der Waals surface area contributed by atoms with Crippen molar-refractivity contribution in [2.75, 3.05) is 5.75 Å². The Labute approximate surface area is 320 Å². The third-order valence-electron chi connectivity index (χ3n) is 7.81. The maximum absolute atomic E-state index is 14.2. The number of benzene rings is 6. The second kappa shape index (κ2) is 18.0. The van der Waals surface area contributed by atoms with Gasteiger partial charge in [-0.3, -0.25) is 19.0 Å². The SMILES string of the molecule is O=C(ON=C(CCSc1ccc(Cl)cc1)C(=O)c1ccc(Sc2ccc(C(=O)c3ccccc3)cc2)cc1)OP(=O)(c1ccccc1)c1ccccc1. The third kappa shape index (κ3) is 10.0. The van der Waals surface area contributed by atoms with Crippen LogP contribution in [0.3, 0.4) is 0 Å². The molecule has 6 aromatic carbocycles. The van der Waals surface area contributed by atoms with Crippen LogP contribution < -0.4 is 10.6 Å². The van der Waals surface area contributed by atoms with Gasteiger partial charge in [-0.25, -0.2) is 4.79 Å². The first-order valence-corrected chi connectivity index (χ1v) is 20.2. The number of rotatable bonds is 14. The summed E-state index contributed by atoms with van der Waals surface area (Å²) in [6.45, 7) is 0. The van der Waals surface area contributed by atoms with E-state index < -0.39 is 19.3 Å². The van der Waals surface area contributed by atoms with E-state index in [0.717, 1.165) is 14.7 Å². The Hall–Kier alpha value is -5.18. The zero-order valence-corrected chi connectivity index (χ0v) is 31.3. The summed E-state index contributed by atoms with van der Waals surface area (Å²) in [5.74, 6) is -0.0507. The van der Waals surface area contributed by atoms with E-state index in [9.17, 15) is 18.9 Å². The summed E-state index contributed by atoms with van der Waals surface area (Å²) in [5.41, 5.74) is 1.54. The Morgan fingerprint density at radius 3 is 1.60 bits per heavy atom. The molecule has 0 N–H and O–H groups in total. The number of ketones is 2. The van der Waals surface area contributed by atoms with Crippen LogP contribution in [0.4, 0.5) is 4.79 Å². The van der Waals surface area contributed by atoms with Crippen molar-refractivity contribution in [2.24, 2.45) is 5.16 Å². The molecule has 0 amide bonds. The first-order valence-electron chi connectivity index (χ1n) is 16.4. The maximum Gasteiger partial charge on any atom is 0.540 e. The number of hydrogen-bond donors (Lipinski definition) is 0. The largest absolute Gasteiger partial charge is 0.540 e. The van der Waals surface area contributed by atoms with E-state index in [1.165, 1.54) is 23.5 Å². The first-order chi connectivity index (χ1) is 25.8. The Morgan fingerprint density at radius 2 is 1.06 bits per heavy atom. The van der Waals surface area contributed by atoms with Gasteiger partial charge in [0.05, 0.1) is 10.6 Å². The molecular formula is C42H31ClNO6PS2. The molecule has 0 atom stereocenters. The fourth-order valence-corrected chi connectivity index (χ4v) is 8.81. The van der Waals surface area contributed by atoms with Crippen LogP contribution in [0.5, 0.6) is 0 Å². The van der Waals surface area contributed by atoms with E-state index >= 15 is 0 Å². The van der Waals surface area contributed by atoms with Crippen molar-refractivity contribution in [1.82, 2.24) is 0 Å². The van der Waals surface area contributed by atoms with E-state index in [1.807, 2.05) is 54.6 Å². The number of Topliss-reactive ketones (excluding diaryl/α,β-unsaturated/α-hetero) is 1. The van der Waals surface area contributed by atoms with E-state index in [-0.39, 0.29) is 17.9 Å². The smallest absolute Gasteiger partial charge is 0.371 e. The predicted molar refractivity (Wildman–Crippen MR) is 213 cm³/mol. The lowest BCUT2D eigenvalue weighted by Crippen LogP contribution is -2.21. The molecular weight excluding hydrogens is 745 g/mol. The van der Waals surface area contributed by atoms with Crippen LogP contribution in [-0.4, -0.2) is 29.2 Å². The molecule has 0 unspecified atom stereocenters. The van der Waals surface area contributed by atoms with Crippen LogP contribution in [0.2, 0.25) is 5.02 Å². The van der Waals surface area contributed by atoms with E-state index in [4.69, 9.17) is 21.0 Å². The fourth-order valence-electron chi connectivity index (χ4n) is 5.12. The minimum atomic E-state index is -3.91. The predicted octanol–water partition coefficient (Wildman–Crippen LogP) is 10.5. The number of halogens is 1. The molecule has 0 fully saturated rings. The minimum Gasteiger partial charge on any atom is -0.371 e. The highest BCUT2D eigenvalue weighted by atomic mass is 35.5. The van der Waals surface area contributed by atoms with E-state index in [2.05, 4.69) is 5.16 Å². The molecule has 7 nitrogen and oxygen atoms in total. The molecule has 6 aromatic rings. The quantitative estimate of drug-likeness (QED) is 0.0269. The number of carbonyl (C=O) groups is 3. The number of nitrogens with zero attached hydrogens (tertiary/aromatic N) is 1. The third-order valence-corrected chi connectivity index (χ3v) is 12.5. The number of oxime groups is 1. The van der Waals surface area contributed by atoms with Crippen LogP contribution in [0.1, 0.15) is 32.7 Å². The van der Waals surface area contributed by atoms with Gasteiger partial charge in [0, 0.05) is 48.6 Å². The average molecular weight is 776 g/mol. The van der Waals surface area contributed by atoms with Crippen LogP contribution in [0.25, 0.3) is 0 Å². The highest BCUT2D eigenvalue weighted by Crippen LogP contribution is 2.45. The topological polar surface area (TPSA) is 99.1 Å². The van der Waals surface area contributed by atoms with Gasteiger partial charge in [-0.05, 0) is 97.1 Å². The van der Waals surface area contributed by atoms with Gasteiger partial charge in [0.1, 0.15) is 5.71 Å². The molecule has 0 spiro atoms. The van der Waals surface area contributed by atoms with Gasteiger partial charge < -0.3 is 4.52 Å². The molecule has 0 saturated heterocycles. The fraction of sp³-hybridized carbons (Fsp3) is 0.0476. The number of carbonyl (C=O) groups excluding carboxylic acids is 3. The van der Waals surface area contributed by atoms with Crippen molar-refractivity contribution in [1.29, 1.82) is 0 Å². The average Bonchev–Trinajstić information content (AvgIpc) is 3.21. The monoisotopic (exact) mass is 775 g/mol. The van der Waals surface area contributed by atoms with Crippen molar-refractivity contribution < 1.29 is 28.3 Å².